The SMILES string of the molecule is CC(C)CCOCCS(=O)C(C)C. The fraction of sp³-hybridized carbons (Fsp3) is 1.00. The molecule has 3 heteroatoms. The van der Waals surface area contributed by atoms with Crippen LogP contribution in [0.3, 0.4) is 0 Å². The molecule has 1 unspecified atom stereocenters. The van der Waals surface area contributed by atoms with E-state index >= 15 is 0 Å². The van der Waals surface area contributed by atoms with Crippen LogP contribution in [-0.4, -0.2) is 28.4 Å². The lowest BCUT2D eigenvalue weighted by molar-refractivity contribution is 0.138. The molecule has 0 spiro atoms. The highest BCUT2D eigenvalue weighted by molar-refractivity contribution is 7.85. The molecule has 0 aliphatic carbocycles. The summed E-state index contributed by atoms with van der Waals surface area (Å²) in [5.74, 6) is 1.37. The highest BCUT2D eigenvalue weighted by atomic mass is 32.2. The predicted molar refractivity (Wildman–Crippen MR) is 58.4 cm³/mol. The second-order valence-corrected chi connectivity index (χ2v) is 6.04. The second kappa shape index (κ2) is 7.51. The van der Waals surface area contributed by atoms with E-state index in [1.54, 1.807) is 0 Å². The lowest BCUT2D eigenvalue weighted by Gasteiger charge is -2.07. The molecule has 0 aliphatic rings. The first-order chi connectivity index (χ1) is 6.04. The predicted octanol–water partition coefficient (Wildman–Crippen LogP) is 2.21. The fourth-order valence-corrected chi connectivity index (χ4v) is 1.55. The van der Waals surface area contributed by atoms with Crippen LogP contribution in [0.15, 0.2) is 0 Å². The standard InChI is InChI=1S/C10H22O2S/c1-9(2)5-6-12-7-8-13(11)10(3)4/h9-10H,5-8H2,1-4H3. The normalized spacial score (nSPS) is 14.0. The molecular weight excluding hydrogens is 184 g/mol. The van der Waals surface area contributed by atoms with Crippen LogP contribution in [0.2, 0.25) is 0 Å². The van der Waals surface area contributed by atoms with Crippen LogP contribution >= 0.6 is 0 Å². The van der Waals surface area contributed by atoms with Gasteiger partial charge in [-0.05, 0) is 12.3 Å². The molecule has 0 aromatic rings. The average molecular weight is 206 g/mol. The van der Waals surface area contributed by atoms with Crippen LogP contribution in [0.5, 0.6) is 0 Å². The molecular formula is C10H22O2S. The summed E-state index contributed by atoms with van der Waals surface area (Å²) in [7, 11) is -0.711. The minimum absolute atomic E-state index is 0.258. The van der Waals surface area contributed by atoms with Crippen LogP contribution < -0.4 is 0 Å². The van der Waals surface area contributed by atoms with Gasteiger partial charge in [0, 0.05) is 28.4 Å². The molecule has 0 N–H and O–H groups in total. The van der Waals surface area contributed by atoms with Gasteiger partial charge < -0.3 is 4.74 Å². The summed E-state index contributed by atoms with van der Waals surface area (Å²) < 4.78 is 16.6. The quantitative estimate of drug-likeness (QED) is 0.597. The Balaban J connectivity index is 3.21. The molecule has 1 atom stereocenters. The number of hydrogen-bond donors (Lipinski definition) is 0. The molecule has 0 saturated carbocycles. The maximum absolute atomic E-state index is 11.3. The number of hydrogen-bond acceptors (Lipinski definition) is 2. The van der Waals surface area contributed by atoms with Gasteiger partial charge in [-0.2, -0.15) is 0 Å². The minimum atomic E-state index is -0.711. The topological polar surface area (TPSA) is 26.3 Å². The zero-order valence-electron chi connectivity index (χ0n) is 9.21. The monoisotopic (exact) mass is 206 g/mol. The van der Waals surface area contributed by atoms with Gasteiger partial charge in [-0.3, -0.25) is 4.21 Å². The van der Waals surface area contributed by atoms with Gasteiger partial charge in [0.25, 0.3) is 0 Å². The van der Waals surface area contributed by atoms with Crippen molar-refractivity contribution in [2.45, 2.75) is 39.4 Å². The van der Waals surface area contributed by atoms with Crippen molar-refractivity contribution < 1.29 is 8.95 Å². The Morgan fingerprint density at radius 1 is 1.15 bits per heavy atom. The smallest absolute Gasteiger partial charge is 0.0581 e. The van der Waals surface area contributed by atoms with Gasteiger partial charge in [-0.1, -0.05) is 27.7 Å². The molecule has 80 valence electrons. The molecule has 0 bridgehead atoms. The molecule has 13 heavy (non-hydrogen) atoms. The summed E-state index contributed by atoms with van der Waals surface area (Å²) in [6.45, 7) is 9.74. The third-order valence-electron chi connectivity index (χ3n) is 1.79. The molecule has 2 nitrogen and oxygen atoms in total. The third kappa shape index (κ3) is 8.44. The van der Waals surface area contributed by atoms with Crippen molar-refractivity contribution in [3.63, 3.8) is 0 Å². The fourth-order valence-electron chi connectivity index (χ4n) is 0.798. The molecule has 0 aliphatic heterocycles. The van der Waals surface area contributed by atoms with E-state index < -0.39 is 10.8 Å². The first kappa shape index (κ1) is 13.1. The van der Waals surface area contributed by atoms with Gasteiger partial charge in [0.15, 0.2) is 0 Å². The first-order valence-electron chi connectivity index (χ1n) is 4.99. The van der Waals surface area contributed by atoms with Crippen LogP contribution in [0.25, 0.3) is 0 Å². The van der Waals surface area contributed by atoms with Crippen molar-refractivity contribution in [2.24, 2.45) is 5.92 Å². The summed E-state index contributed by atoms with van der Waals surface area (Å²) in [5, 5.41) is 0.258. The summed E-state index contributed by atoms with van der Waals surface area (Å²) in [5.41, 5.74) is 0. The van der Waals surface area contributed by atoms with Gasteiger partial charge in [0.1, 0.15) is 0 Å². The molecule has 0 amide bonds. The molecule has 0 radical (unpaired) electrons. The Bertz CT molecular complexity index is 144. The summed E-state index contributed by atoms with van der Waals surface area (Å²) >= 11 is 0. The van der Waals surface area contributed by atoms with Crippen molar-refractivity contribution in [1.82, 2.24) is 0 Å². The van der Waals surface area contributed by atoms with Crippen LogP contribution in [-0.2, 0) is 15.5 Å². The van der Waals surface area contributed by atoms with Gasteiger partial charge in [0.2, 0.25) is 0 Å². The summed E-state index contributed by atoms with van der Waals surface area (Å²) in [4.78, 5) is 0. The molecule has 0 aromatic heterocycles. The Morgan fingerprint density at radius 3 is 2.23 bits per heavy atom. The lowest BCUT2D eigenvalue weighted by atomic mass is 10.1. The van der Waals surface area contributed by atoms with E-state index in [1.165, 1.54) is 0 Å². The van der Waals surface area contributed by atoms with Gasteiger partial charge >= 0.3 is 0 Å². The van der Waals surface area contributed by atoms with Crippen molar-refractivity contribution in [2.75, 3.05) is 19.0 Å². The Hall–Kier alpha value is 0.110. The van der Waals surface area contributed by atoms with Gasteiger partial charge in [-0.15, -0.1) is 0 Å². The summed E-state index contributed by atoms with van der Waals surface area (Å²) in [6.07, 6.45) is 1.09. The third-order valence-corrected chi connectivity index (χ3v) is 3.41. The average Bonchev–Trinajstić information content (AvgIpc) is 2.02. The van der Waals surface area contributed by atoms with Gasteiger partial charge in [-0.25, -0.2) is 0 Å². The van der Waals surface area contributed by atoms with Crippen LogP contribution in [0, 0.1) is 5.92 Å². The Labute approximate surface area is 84.5 Å². The van der Waals surface area contributed by atoms with Crippen molar-refractivity contribution in [1.29, 1.82) is 0 Å². The van der Waals surface area contributed by atoms with Crippen molar-refractivity contribution in [3.05, 3.63) is 0 Å². The van der Waals surface area contributed by atoms with Gasteiger partial charge in [0.05, 0.1) is 6.61 Å². The minimum Gasteiger partial charge on any atom is -0.380 e. The molecule has 0 fully saturated rings. The molecule has 0 aromatic carbocycles. The number of rotatable bonds is 7. The van der Waals surface area contributed by atoms with E-state index in [1.807, 2.05) is 13.8 Å². The van der Waals surface area contributed by atoms with E-state index in [2.05, 4.69) is 13.8 Å². The second-order valence-electron chi connectivity index (χ2n) is 3.93. The Morgan fingerprint density at radius 2 is 1.77 bits per heavy atom. The zero-order chi connectivity index (χ0) is 10.3. The van der Waals surface area contributed by atoms with E-state index in [9.17, 15) is 4.21 Å². The highest BCUT2D eigenvalue weighted by Gasteiger charge is 2.04. The highest BCUT2D eigenvalue weighted by Crippen LogP contribution is 1.99. The lowest BCUT2D eigenvalue weighted by Crippen LogP contribution is -2.14. The van der Waals surface area contributed by atoms with E-state index in [-0.39, 0.29) is 5.25 Å². The summed E-state index contributed by atoms with van der Waals surface area (Å²) in [6, 6.07) is 0. The van der Waals surface area contributed by atoms with Crippen LogP contribution in [0.1, 0.15) is 34.1 Å². The molecule has 0 saturated heterocycles. The largest absolute Gasteiger partial charge is 0.380 e. The van der Waals surface area contributed by atoms with E-state index in [0.717, 1.165) is 13.0 Å². The maximum Gasteiger partial charge on any atom is 0.0581 e. The van der Waals surface area contributed by atoms with Crippen molar-refractivity contribution in [3.8, 4) is 0 Å². The first-order valence-corrected chi connectivity index (χ1v) is 6.37. The van der Waals surface area contributed by atoms with E-state index in [4.69, 9.17) is 4.74 Å². The maximum atomic E-state index is 11.3. The van der Waals surface area contributed by atoms with Crippen molar-refractivity contribution >= 4 is 10.8 Å². The molecule has 0 heterocycles. The van der Waals surface area contributed by atoms with Crippen LogP contribution in [0.4, 0.5) is 0 Å². The molecule has 0 rings (SSSR count). The Kier molecular flexibility index (Phi) is 7.57. The zero-order valence-corrected chi connectivity index (χ0v) is 10.0. The van der Waals surface area contributed by atoms with E-state index in [0.29, 0.717) is 18.3 Å². The number of ether oxygens (including phenoxy) is 1.